The van der Waals surface area contributed by atoms with Crippen LogP contribution < -0.4 is 5.32 Å². The normalized spacial score (nSPS) is 27.4. The molecule has 1 fully saturated rings. The van der Waals surface area contributed by atoms with Gasteiger partial charge < -0.3 is 15.2 Å². The lowest BCUT2D eigenvalue weighted by atomic mass is 10.0. The second-order valence-corrected chi connectivity index (χ2v) is 4.36. The Bertz CT molecular complexity index is 319. The number of rotatable bonds is 6. The van der Waals surface area contributed by atoms with Crippen LogP contribution in [0.4, 0.5) is 0 Å². The molecule has 1 saturated heterocycles. The molecule has 1 heterocycles. The third kappa shape index (κ3) is 3.82. The minimum absolute atomic E-state index is 0.0362. The Balaban J connectivity index is 2.62. The molecule has 1 aliphatic heterocycles. The molecule has 102 valence electrons. The van der Waals surface area contributed by atoms with Crippen molar-refractivity contribution in [1.82, 2.24) is 10.2 Å². The van der Waals surface area contributed by atoms with Crippen molar-refractivity contribution in [2.75, 3.05) is 13.7 Å². The third-order valence-corrected chi connectivity index (χ3v) is 2.96. The SMILES string of the molecule is CNC(=O)/C=C\N(C=O)C1OC(CCO)CC1C. The number of ether oxygens (including phenoxy) is 1. The fraction of sp³-hybridized carbons (Fsp3) is 0.667. The van der Waals surface area contributed by atoms with Crippen LogP contribution in [0.1, 0.15) is 19.8 Å². The number of amides is 2. The van der Waals surface area contributed by atoms with E-state index in [0.717, 1.165) is 6.42 Å². The van der Waals surface area contributed by atoms with Gasteiger partial charge in [-0.25, -0.2) is 0 Å². The number of nitrogens with one attached hydrogen (secondary N) is 1. The zero-order chi connectivity index (χ0) is 13.5. The summed E-state index contributed by atoms with van der Waals surface area (Å²) < 4.78 is 5.68. The quantitative estimate of drug-likeness (QED) is 0.511. The molecule has 3 atom stereocenters. The predicted molar refractivity (Wildman–Crippen MR) is 65.3 cm³/mol. The van der Waals surface area contributed by atoms with Crippen LogP contribution in [0.15, 0.2) is 12.3 Å². The monoisotopic (exact) mass is 256 g/mol. The maximum absolute atomic E-state index is 11.1. The lowest BCUT2D eigenvalue weighted by Crippen LogP contribution is -2.34. The molecule has 0 saturated carbocycles. The van der Waals surface area contributed by atoms with Gasteiger partial charge in [-0.05, 0) is 12.8 Å². The molecule has 0 aromatic heterocycles. The van der Waals surface area contributed by atoms with E-state index in [9.17, 15) is 9.59 Å². The molecule has 0 bridgehead atoms. The first-order chi connectivity index (χ1) is 8.62. The standard InChI is InChI=1S/C12H20N2O4/c1-9-7-10(4-6-15)18-12(9)14(8-16)5-3-11(17)13-2/h3,5,8-10,12,15H,4,6-7H2,1-2H3,(H,13,17)/b5-3-. The molecular weight excluding hydrogens is 236 g/mol. The first kappa shape index (κ1) is 14.7. The molecule has 6 nitrogen and oxygen atoms in total. The molecule has 0 aromatic carbocycles. The van der Waals surface area contributed by atoms with Gasteiger partial charge in [0.2, 0.25) is 12.3 Å². The highest BCUT2D eigenvalue weighted by Gasteiger charge is 2.34. The molecule has 2 amide bonds. The summed E-state index contributed by atoms with van der Waals surface area (Å²) in [5, 5.41) is 11.3. The number of aliphatic hydroxyl groups is 1. The summed E-state index contributed by atoms with van der Waals surface area (Å²) in [7, 11) is 1.52. The van der Waals surface area contributed by atoms with Crippen LogP contribution in [0, 0.1) is 5.92 Å². The molecule has 1 rings (SSSR count). The zero-order valence-electron chi connectivity index (χ0n) is 10.7. The number of hydrogen-bond acceptors (Lipinski definition) is 4. The first-order valence-corrected chi connectivity index (χ1v) is 6.01. The third-order valence-electron chi connectivity index (χ3n) is 2.96. The topological polar surface area (TPSA) is 78.9 Å². The first-order valence-electron chi connectivity index (χ1n) is 6.01. The number of aliphatic hydroxyl groups excluding tert-OH is 1. The van der Waals surface area contributed by atoms with Crippen molar-refractivity contribution in [3.8, 4) is 0 Å². The Hall–Kier alpha value is -1.40. The molecule has 0 aliphatic carbocycles. The van der Waals surface area contributed by atoms with Gasteiger partial charge in [0.25, 0.3) is 0 Å². The van der Waals surface area contributed by atoms with Crippen molar-refractivity contribution in [3.63, 3.8) is 0 Å². The Morgan fingerprint density at radius 3 is 2.89 bits per heavy atom. The predicted octanol–water partition coefficient (Wildman–Crippen LogP) is -0.162. The molecule has 1 aliphatic rings. The largest absolute Gasteiger partial charge is 0.396 e. The van der Waals surface area contributed by atoms with Gasteiger partial charge in [-0.15, -0.1) is 0 Å². The van der Waals surface area contributed by atoms with E-state index >= 15 is 0 Å². The fourth-order valence-electron chi connectivity index (χ4n) is 2.03. The van der Waals surface area contributed by atoms with E-state index in [0.29, 0.717) is 12.8 Å². The molecule has 6 heteroatoms. The molecule has 2 N–H and O–H groups in total. The molecule has 0 aromatic rings. The Kier molecular flexibility index (Phi) is 5.80. The fourth-order valence-corrected chi connectivity index (χ4v) is 2.03. The smallest absolute Gasteiger partial charge is 0.245 e. The van der Waals surface area contributed by atoms with Crippen LogP contribution in [0.5, 0.6) is 0 Å². The van der Waals surface area contributed by atoms with E-state index in [4.69, 9.17) is 9.84 Å². The Morgan fingerprint density at radius 2 is 2.33 bits per heavy atom. The van der Waals surface area contributed by atoms with Crippen LogP contribution in [-0.2, 0) is 14.3 Å². The molecule has 18 heavy (non-hydrogen) atoms. The van der Waals surface area contributed by atoms with E-state index in [1.54, 1.807) is 0 Å². The van der Waals surface area contributed by atoms with Crippen molar-refractivity contribution in [1.29, 1.82) is 0 Å². The van der Waals surface area contributed by atoms with Gasteiger partial charge in [-0.2, -0.15) is 0 Å². The van der Waals surface area contributed by atoms with Crippen molar-refractivity contribution in [3.05, 3.63) is 12.3 Å². The average Bonchev–Trinajstić information content (AvgIpc) is 2.71. The van der Waals surface area contributed by atoms with Gasteiger partial charge >= 0.3 is 0 Å². The van der Waals surface area contributed by atoms with E-state index in [-0.39, 0.29) is 30.8 Å². The van der Waals surface area contributed by atoms with Crippen LogP contribution in [0.2, 0.25) is 0 Å². The summed E-state index contributed by atoms with van der Waals surface area (Å²) in [6.07, 6.45) is 4.28. The van der Waals surface area contributed by atoms with Gasteiger partial charge in [0.15, 0.2) is 0 Å². The molecule has 3 unspecified atom stereocenters. The summed E-state index contributed by atoms with van der Waals surface area (Å²) in [4.78, 5) is 23.4. The van der Waals surface area contributed by atoms with Crippen molar-refractivity contribution in [2.45, 2.75) is 32.1 Å². The summed E-state index contributed by atoms with van der Waals surface area (Å²) in [5.74, 6) is -0.111. The highest BCUT2D eigenvalue weighted by atomic mass is 16.5. The minimum atomic E-state index is -0.375. The van der Waals surface area contributed by atoms with E-state index in [1.165, 1.54) is 24.2 Å². The van der Waals surface area contributed by atoms with Crippen LogP contribution in [0.25, 0.3) is 0 Å². The maximum atomic E-state index is 11.1. The summed E-state index contributed by atoms with van der Waals surface area (Å²) in [5.41, 5.74) is 0. The van der Waals surface area contributed by atoms with Gasteiger partial charge in [0.05, 0.1) is 6.10 Å². The maximum Gasteiger partial charge on any atom is 0.245 e. The van der Waals surface area contributed by atoms with E-state index < -0.39 is 0 Å². The number of hydrogen-bond donors (Lipinski definition) is 2. The average molecular weight is 256 g/mol. The molecule has 0 spiro atoms. The lowest BCUT2D eigenvalue weighted by Gasteiger charge is -2.24. The van der Waals surface area contributed by atoms with Gasteiger partial charge in [0, 0.05) is 31.8 Å². The highest BCUT2D eigenvalue weighted by Crippen LogP contribution is 2.29. The van der Waals surface area contributed by atoms with Crippen LogP contribution in [-0.4, -0.2) is 48.3 Å². The van der Waals surface area contributed by atoms with E-state index in [1.807, 2.05) is 6.92 Å². The molecule has 0 radical (unpaired) electrons. The zero-order valence-corrected chi connectivity index (χ0v) is 10.7. The number of carbonyl (C=O) groups is 2. The second kappa shape index (κ2) is 7.13. The van der Waals surface area contributed by atoms with Crippen molar-refractivity contribution >= 4 is 12.3 Å². The summed E-state index contributed by atoms with van der Waals surface area (Å²) >= 11 is 0. The van der Waals surface area contributed by atoms with Gasteiger partial charge in [-0.1, -0.05) is 6.92 Å². The van der Waals surface area contributed by atoms with Crippen molar-refractivity contribution in [2.24, 2.45) is 5.92 Å². The van der Waals surface area contributed by atoms with E-state index in [2.05, 4.69) is 5.32 Å². The number of carbonyl (C=O) groups excluding carboxylic acids is 2. The number of likely N-dealkylation sites (N-methyl/N-ethyl adjacent to an activating group) is 1. The van der Waals surface area contributed by atoms with Gasteiger partial charge in [0.1, 0.15) is 6.23 Å². The summed E-state index contributed by atoms with van der Waals surface area (Å²) in [6.45, 7) is 2.05. The Labute approximate surface area is 107 Å². The number of nitrogens with zero attached hydrogens (tertiary/aromatic N) is 1. The lowest BCUT2D eigenvalue weighted by molar-refractivity contribution is -0.128. The minimum Gasteiger partial charge on any atom is -0.396 e. The van der Waals surface area contributed by atoms with Crippen molar-refractivity contribution < 1.29 is 19.4 Å². The Morgan fingerprint density at radius 1 is 1.61 bits per heavy atom. The second-order valence-electron chi connectivity index (χ2n) is 4.36. The van der Waals surface area contributed by atoms with Crippen LogP contribution >= 0.6 is 0 Å². The summed E-state index contributed by atoms with van der Waals surface area (Å²) in [6, 6.07) is 0. The molecular formula is C12H20N2O4. The van der Waals surface area contributed by atoms with Gasteiger partial charge in [-0.3, -0.25) is 14.5 Å². The van der Waals surface area contributed by atoms with Crippen LogP contribution in [0.3, 0.4) is 0 Å². The highest BCUT2D eigenvalue weighted by molar-refractivity contribution is 5.87.